The number of carbonyl (C=O) groups is 2. The molecule has 0 bridgehead atoms. The number of anilines is 1. The zero-order chi connectivity index (χ0) is 11.7. The van der Waals surface area contributed by atoms with Crippen LogP contribution in [0.5, 0.6) is 0 Å². The minimum atomic E-state index is -0.493. The molecule has 0 aromatic carbocycles. The van der Waals surface area contributed by atoms with Crippen molar-refractivity contribution < 1.29 is 9.59 Å². The molecule has 3 amide bonds. The lowest BCUT2D eigenvalue weighted by Crippen LogP contribution is -2.30. The fourth-order valence-electron chi connectivity index (χ4n) is 1.52. The van der Waals surface area contributed by atoms with E-state index in [-0.39, 0.29) is 11.9 Å². The largest absolute Gasteiger partial charge is 0.330 e. The van der Waals surface area contributed by atoms with Crippen LogP contribution in [0.4, 0.5) is 9.80 Å². The summed E-state index contributed by atoms with van der Waals surface area (Å²) in [6.07, 6.45) is 2.06. The number of carbonyl (C=O) groups excluding carboxylic acids is 2. The Hall–Kier alpha value is -1.69. The zero-order valence-corrected chi connectivity index (χ0v) is 9.58. The molecule has 2 rings (SSSR count). The van der Waals surface area contributed by atoms with Crippen LogP contribution in [0.3, 0.4) is 0 Å². The molecule has 0 radical (unpaired) electrons. The first kappa shape index (κ1) is 10.8. The maximum atomic E-state index is 11.9. The minimum Gasteiger partial charge on any atom is -0.325 e. The van der Waals surface area contributed by atoms with Crippen molar-refractivity contribution in [2.24, 2.45) is 0 Å². The molecule has 1 N–H and O–H groups in total. The molecule has 0 aliphatic carbocycles. The van der Waals surface area contributed by atoms with E-state index in [1.165, 1.54) is 0 Å². The Morgan fingerprint density at radius 1 is 1.69 bits per heavy atom. The molecule has 0 saturated carbocycles. The van der Waals surface area contributed by atoms with Gasteiger partial charge in [0.15, 0.2) is 0 Å². The molecule has 5 nitrogen and oxygen atoms in total. The third-order valence-corrected chi connectivity index (χ3v) is 3.12. The number of aromatic nitrogens is 1. The number of nitrogens with zero attached hydrogens (tertiary/aromatic N) is 2. The van der Waals surface area contributed by atoms with Gasteiger partial charge >= 0.3 is 6.03 Å². The standard InChI is InChI=1S/C10H11N3O2S/c1-3-4-7-9(14)13(10(15)11-7)8-5-6(2)12-16-8/h3,5,7H,1,4H2,2H3,(H,11,15). The number of rotatable bonds is 3. The predicted molar refractivity (Wildman–Crippen MR) is 61.5 cm³/mol. The highest BCUT2D eigenvalue weighted by Crippen LogP contribution is 2.25. The van der Waals surface area contributed by atoms with Crippen molar-refractivity contribution in [2.75, 3.05) is 4.90 Å². The van der Waals surface area contributed by atoms with Crippen LogP contribution in [-0.4, -0.2) is 22.4 Å². The van der Waals surface area contributed by atoms with Crippen LogP contribution in [0, 0.1) is 6.92 Å². The Bertz CT molecular complexity index is 455. The second kappa shape index (κ2) is 4.05. The van der Waals surface area contributed by atoms with Crippen molar-refractivity contribution in [3.63, 3.8) is 0 Å². The van der Waals surface area contributed by atoms with Gasteiger partial charge in [-0.2, -0.15) is 4.37 Å². The minimum absolute atomic E-state index is 0.242. The van der Waals surface area contributed by atoms with Gasteiger partial charge in [0.05, 0.1) is 5.69 Å². The quantitative estimate of drug-likeness (QED) is 0.639. The van der Waals surface area contributed by atoms with Gasteiger partial charge in [-0.15, -0.1) is 6.58 Å². The predicted octanol–water partition coefficient (Wildman–Crippen LogP) is 1.45. The number of hydrogen-bond acceptors (Lipinski definition) is 4. The molecule has 1 aromatic heterocycles. The Morgan fingerprint density at radius 3 is 3.00 bits per heavy atom. The zero-order valence-electron chi connectivity index (χ0n) is 8.77. The average molecular weight is 237 g/mol. The van der Waals surface area contributed by atoms with Crippen LogP contribution in [0.2, 0.25) is 0 Å². The van der Waals surface area contributed by atoms with Crippen molar-refractivity contribution in [2.45, 2.75) is 19.4 Å². The summed E-state index contributed by atoms with van der Waals surface area (Å²) >= 11 is 1.14. The lowest BCUT2D eigenvalue weighted by molar-refractivity contribution is -0.118. The maximum Gasteiger partial charge on any atom is 0.330 e. The molecule has 1 aromatic rings. The van der Waals surface area contributed by atoms with Gasteiger partial charge in [-0.3, -0.25) is 4.79 Å². The molecular weight excluding hydrogens is 226 g/mol. The Morgan fingerprint density at radius 2 is 2.44 bits per heavy atom. The van der Waals surface area contributed by atoms with Gasteiger partial charge in [0.25, 0.3) is 5.91 Å². The van der Waals surface area contributed by atoms with E-state index in [0.29, 0.717) is 11.4 Å². The molecule has 16 heavy (non-hydrogen) atoms. The van der Waals surface area contributed by atoms with Crippen molar-refractivity contribution in [3.8, 4) is 0 Å². The van der Waals surface area contributed by atoms with Gasteiger partial charge in [0.2, 0.25) is 0 Å². The van der Waals surface area contributed by atoms with Crippen molar-refractivity contribution in [3.05, 3.63) is 24.4 Å². The number of urea groups is 1. The summed E-state index contributed by atoms with van der Waals surface area (Å²) in [7, 11) is 0. The average Bonchev–Trinajstić information content (AvgIpc) is 2.74. The van der Waals surface area contributed by atoms with Gasteiger partial charge in [-0.1, -0.05) is 6.08 Å². The number of aryl methyl sites for hydroxylation is 1. The van der Waals surface area contributed by atoms with E-state index in [1.54, 1.807) is 12.1 Å². The van der Waals surface area contributed by atoms with Gasteiger partial charge in [0.1, 0.15) is 11.0 Å². The molecule has 1 unspecified atom stereocenters. The molecule has 1 atom stereocenters. The monoisotopic (exact) mass is 237 g/mol. The fourth-order valence-corrected chi connectivity index (χ4v) is 2.29. The molecule has 84 valence electrons. The summed E-state index contributed by atoms with van der Waals surface area (Å²) in [6, 6.07) is 0.839. The number of imide groups is 1. The molecule has 0 spiro atoms. The van der Waals surface area contributed by atoms with E-state index in [9.17, 15) is 9.59 Å². The van der Waals surface area contributed by atoms with E-state index in [4.69, 9.17) is 0 Å². The van der Waals surface area contributed by atoms with Crippen LogP contribution in [0.1, 0.15) is 12.1 Å². The SMILES string of the molecule is C=CCC1NC(=O)N(c2cc(C)ns2)C1=O. The summed E-state index contributed by atoms with van der Waals surface area (Å²) in [4.78, 5) is 24.6. The van der Waals surface area contributed by atoms with Gasteiger partial charge in [0, 0.05) is 0 Å². The smallest absolute Gasteiger partial charge is 0.325 e. The van der Waals surface area contributed by atoms with Crippen LogP contribution in [0.25, 0.3) is 0 Å². The molecule has 2 heterocycles. The summed E-state index contributed by atoms with van der Waals surface area (Å²) in [5.41, 5.74) is 0.799. The number of hydrogen-bond donors (Lipinski definition) is 1. The fraction of sp³-hybridized carbons (Fsp3) is 0.300. The van der Waals surface area contributed by atoms with Gasteiger partial charge in [-0.05, 0) is 30.9 Å². The Labute approximate surface area is 96.9 Å². The van der Waals surface area contributed by atoms with Crippen LogP contribution >= 0.6 is 11.5 Å². The third-order valence-electron chi connectivity index (χ3n) is 2.26. The van der Waals surface area contributed by atoms with Crippen LogP contribution in [-0.2, 0) is 4.79 Å². The number of nitrogens with one attached hydrogen (secondary N) is 1. The first-order valence-corrected chi connectivity index (χ1v) is 5.59. The Balaban J connectivity index is 2.26. The van der Waals surface area contributed by atoms with Crippen LogP contribution in [0.15, 0.2) is 18.7 Å². The summed E-state index contributed by atoms with van der Waals surface area (Å²) < 4.78 is 4.05. The highest BCUT2D eigenvalue weighted by molar-refractivity contribution is 7.10. The molecule has 1 saturated heterocycles. The van der Waals surface area contributed by atoms with Crippen molar-refractivity contribution in [1.29, 1.82) is 0 Å². The third kappa shape index (κ3) is 1.71. The van der Waals surface area contributed by atoms with Crippen LogP contribution < -0.4 is 10.2 Å². The highest BCUT2D eigenvalue weighted by atomic mass is 32.1. The summed E-state index contributed by atoms with van der Waals surface area (Å²) in [5.74, 6) is -0.242. The lowest BCUT2D eigenvalue weighted by Gasteiger charge is -2.08. The van der Waals surface area contributed by atoms with E-state index in [0.717, 1.165) is 22.1 Å². The molecule has 1 fully saturated rings. The van der Waals surface area contributed by atoms with Gasteiger partial charge in [-0.25, -0.2) is 9.69 Å². The molecule has 1 aliphatic rings. The first-order chi connectivity index (χ1) is 7.63. The summed E-state index contributed by atoms with van der Waals surface area (Å²) in [5, 5.41) is 3.17. The van der Waals surface area contributed by atoms with E-state index < -0.39 is 6.04 Å². The Kier molecular flexibility index (Phi) is 2.74. The molecular formula is C10H11N3O2S. The lowest BCUT2D eigenvalue weighted by atomic mass is 10.2. The topological polar surface area (TPSA) is 62.3 Å². The summed E-state index contributed by atoms with van der Waals surface area (Å²) in [6.45, 7) is 5.37. The highest BCUT2D eigenvalue weighted by Gasteiger charge is 2.39. The first-order valence-electron chi connectivity index (χ1n) is 4.82. The van der Waals surface area contributed by atoms with E-state index >= 15 is 0 Å². The number of amides is 3. The second-order valence-electron chi connectivity index (χ2n) is 3.51. The molecule has 1 aliphatic heterocycles. The second-order valence-corrected chi connectivity index (χ2v) is 4.29. The normalized spacial score (nSPS) is 20.1. The van der Waals surface area contributed by atoms with Crippen molar-refractivity contribution >= 4 is 28.5 Å². The van der Waals surface area contributed by atoms with Gasteiger partial charge < -0.3 is 5.32 Å². The maximum absolute atomic E-state index is 11.9. The van der Waals surface area contributed by atoms with Crippen molar-refractivity contribution in [1.82, 2.24) is 9.69 Å². The van der Waals surface area contributed by atoms with E-state index in [1.807, 2.05) is 6.92 Å². The molecule has 6 heteroatoms. The van der Waals surface area contributed by atoms with E-state index in [2.05, 4.69) is 16.3 Å².